The van der Waals surface area contributed by atoms with E-state index < -0.39 is 0 Å². The fourth-order valence-corrected chi connectivity index (χ4v) is 3.78. The molecule has 4 aromatic rings. The SMILES string of the molecule is N#Cc1ccccc1-c1cnc(NCCc2cccc(F)c2)c(C(=O)NCc2cccc(CN)n2)c1. The molecule has 0 saturated carbocycles. The molecule has 4 rings (SSSR count). The van der Waals surface area contributed by atoms with Crippen LogP contribution in [0.5, 0.6) is 0 Å². The summed E-state index contributed by atoms with van der Waals surface area (Å²) in [6, 6.07) is 22.9. The summed E-state index contributed by atoms with van der Waals surface area (Å²) >= 11 is 0. The highest BCUT2D eigenvalue weighted by Gasteiger charge is 2.16. The highest BCUT2D eigenvalue weighted by atomic mass is 19.1. The molecule has 0 atom stereocenters. The first-order valence-corrected chi connectivity index (χ1v) is 11.5. The second-order valence-corrected chi connectivity index (χ2v) is 8.09. The summed E-state index contributed by atoms with van der Waals surface area (Å²) in [7, 11) is 0. The van der Waals surface area contributed by atoms with Crippen molar-refractivity contribution in [2.75, 3.05) is 11.9 Å². The van der Waals surface area contributed by atoms with Crippen LogP contribution in [0.1, 0.15) is 32.9 Å². The lowest BCUT2D eigenvalue weighted by Gasteiger charge is -2.14. The van der Waals surface area contributed by atoms with Crippen LogP contribution in [0.3, 0.4) is 0 Å². The van der Waals surface area contributed by atoms with Crippen LogP contribution in [0.4, 0.5) is 10.2 Å². The Kier molecular flexibility index (Phi) is 7.96. The number of rotatable bonds is 9. The molecule has 0 aliphatic heterocycles. The van der Waals surface area contributed by atoms with Gasteiger partial charge < -0.3 is 16.4 Å². The van der Waals surface area contributed by atoms with E-state index in [-0.39, 0.29) is 18.3 Å². The molecule has 0 spiro atoms. The Morgan fingerprint density at radius 2 is 1.83 bits per heavy atom. The van der Waals surface area contributed by atoms with Crippen LogP contribution in [-0.2, 0) is 19.5 Å². The third-order valence-corrected chi connectivity index (χ3v) is 5.59. The fraction of sp³-hybridized carbons (Fsp3) is 0.143. The Labute approximate surface area is 208 Å². The van der Waals surface area contributed by atoms with Crippen LogP contribution in [0.25, 0.3) is 11.1 Å². The lowest BCUT2D eigenvalue weighted by molar-refractivity contribution is 0.0951. The number of amides is 1. The Balaban J connectivity index is 1.58. The first-order valence-electron chi connectivity index (χ1n) is 11.5. The zero-order chi connectivity index (χ0) is 25.3. The Morgan fingerprint density at radius 3 is 2.64 bits per heavy atom. The van der Waals surface area contributed by atoms with Gasteiger partial charge in [-0.25, -0.2) is 9.37 Å². The lowest BCUT2D eigenvalue weighted by Crippen LogP contribution is -2.25. The van der Waals surface area contributed by atoms with Gasteiger partial charge in [-0.1, -0.05) is 36.4 Å². The molecule has 1 amide bonds. The van der Waals surface area contributed by atoms with Gasteiger partial charge in [0.15, 0.2) is 0 Å². The minimum Gasteiger partial charge on any atom is -0.369 e. The summed E-state index contributed by atoms with van der Waals surface area (Å²) in [6.07, 6.45) is 2.18. The first kappa shape index (κ1) is 24.5. The fourth-order valence-electron chi connectivity index (χ4n) is 3.78. The van der Waals surface area contributed by atoms with Crippen molar-refractivity contribution in [1.82, 2.24) is 15.3 Å². The smallest absolute Gasteiger partial charge is 0.255 e. The highest BCUT2D eigenvalue weighted by molar-refractivity contribution is 6.00. The van der Waals surface area contributed by atoms with E-state index in [0.717, 1.165) is 11.3 Å². The molecule has 180 valence electrons. The molecular formula is C28H25FN6O. The second kappa shape index (κ2) is 11.7. The normalized spacial score (nSPS) is 10.5. The Bertz CT molecular complexity index is 1420. The van der Waals surface area contributed by atoms with Gasteiger partial charge in [0, 0.05) is 30.4 Å². The molecule has 36 heavy (non-hydrogen) atoms. The lowest BCUT2D eigenvalue weighted by atomic mass is 10.00. The average Bonchev–Trinajstić information content (AvgIpc) is 2.92. The number of anilines is 1. The van der Waals surface area contributed by atoms with Crippen molar-refractivity contribution in [3.63, 3.8) is 0 Å². The second-order valence-electron chi connectivity index (χ2n) is 8.09. The summed E-state index contributed by atoms with van der Waals surface area (Å²) in [5, 5.41) is 15.6. The van der Waals surface area contributed by atoms with E-state index in [0.29, 0.717) is 53.3 Å². The summed E-state index contributed by atoms with van der Waals surface area (Å²) < 4.78 is 13.5. The van der Waals surface area contributed by atoms with Crippen LogP contribution in [-0.4, -0.2) is 22.4 Å². The first-order chi connectivity index (χ1) is 17.6. The highest BCUT2D eigenvalue weighted by Crippen LogP contribution is 2.26. The minimum absolute atomic E-state index is 0.217. The van der Waals surface area contributed by atoms with Crippen molar-refractivity contribution in [2.24, 2.45) is 5.73 Å². The third kappa shape index (κ3) is 6.09. The number of halogens is 1. The molecule has 2 heterocycles. The summed E-state index contributed by atoms with van der Waals surface area (Å²) in [5.74, 6) is -0.240. The van der Waals surface area contributed by atoms with E-state index in [4.69, 9.17) is 5.73 Å². The van der Waals surface area contributed by atoms with Crippen LogP contribution >= 0.6 is 0 Å². The van der Waals surface area contributed by atoms with Crippen molar-refractivity contribution in [1.29, 1.82) is 5.26 Å². The van der Waals surface area contributed by atoms with E-state index in [9.17, 15) is 14.4 Å². The number of aromatic nitrogens is 2. The largest absolute Gasteiger partial charge is 0.369 e. The van der Waals surface area contributed by atoms with E-state index in [1.165, 1.54) is 12.1 Å². The maximum Gasteiger partial charge on any atom is 0.255 e. The number of nitriles is 1. The van der Waals surface area contributed by atoms with E-state index in [1.807, 2.05) is 36.4 Å². The summed E-state index contributed by atoms with van der Waals surface area (Å²) in [5.41, 5.74) is 10.1. The van der Waals surface area contributed by atoms with E-state index >= 15 is 0 Å². The maximum atomic E-state index is 13.5. The van der Waals surface area contributed by atoms with Gasteiger partial charge in [0.2, 0.25) is 0 Å². The standard InChI is InChI=1S/C28H25FN6O/c29-22-7-3-5-19(13-22)11-12-32-27-26(28(36)34-18-24-9-4-8-23(16-31)35-24)14-21(17-33-27)25-10-2-1-6-20(25)15-30/h1-10,13-14,17H,11-12,16,18,31H2,(H,32,33)(H,34,36). The van der Waals surface area contributed by atoms with Gasteiger partial charge in [-0.05, 0) is 48.4 Å². The predicted molar refractivity (Wildman–Crippen MR) is 136 cm³/mol. The number of carbonyl (C=O) groups excluding carboxylic acids is 1. The number of hydrogen-bond donors (Lipinski definition) is 3. The zero-order valence-corrected chi connectivity index (χ0v) is 19.5. The van der Waals surface area contributed by atoms with Gasteiger partial charge in [-0.15, -0.1) is 0 Å². The van der Waals surface area contributed by atoms with Crippen LogP contribution in [0, 0.1) is 17.1 Å². The quantitative estimate of drug-likeness (QED) is 0.331. The predicted octanol–water partition coefficient (Wildman–Crippen LogP) is 4.20. The number of nitrogens with zero attached hydrogens (tertiary/aromatic N) is 3. The van der Waals surface area contributed by atoms with Crippen molar-refractivity contribution >= 4 is 11.7 Å². The number of benzene rings is 2. The third-order valence-electron chi connectivity index (χ3n) is 5.59. The van der Waals surface area contributed by atoms with E-state index in [1.54, 1.807) is 30.5 Å². The summed E-state index contributed by atoms with van der Waals surface area (Å²) in [6.45, 7) is 0.977. The van der Waals surface area contributed by atoms with Crippen molar-refractivity contribution < 1.29 is 9.18 Å². The number of hydrogen-bond acceptors (Lipinski definition) is 6. The average molecular weight is 481 g/mol. The molecule has 0 unspecified atom stereocenters. The molecule has 2 aromatic carbocycles. The maximum absolute atomic E-state index is 13.5. The van der Waals surface area contributed by atoms with Crippen molar-refractivity contribution in [2.45, 2.75) is 19.5 Å². The number of nitrogens with two attached hydrogens (primary N) is 1. The van der Waals surface area contributed by atoms with Gasteiger partial charge in [-0.2, -0.15) is 5.26 Å². The number of nitrogens with one attached hydrogen (secondary N) is 2. The topological polar surface area (TPSA) is 117 Å². The molecule has 7 nitrogen and oxygen atoms in total. The van der Waals surface area contributed by atoms with Crippen LogP contribution in [0.15, 0.2) is 79.0 Å². The molecule has 0 saturated heterocycles. The molecule has 0 radical (unpaired) electrons. The monoisotopic (exact) mass is 480 g/mol. The molecule has 8 heteroatoms. The molecule has 4 N–H and O–H groups in total. The zero-order valence-electron chi connectivity index (χ0n) is 19.5. The Hall–Kier alpha value is -4.61. The van der Waals surface area contributed by atoms with Gasteiger partial charge in [0.05, 0.1) is 35.1 Å². The number of pyridine rings is 2. The minimum atomic E-state index is -0.341. The van der Waals surface area contributed by atoms with Crippen LogP contribution in [0.2, 0.25) is 0 Å². The Morgan fingerprint density at radius 1 is 1.03 bits per heavy atom. The molecule has 0 aliphatic carbocycles. The molecular weight excluding hydrogens is 455 g/mol. The number of carbonyl (C=O) groups is 1. The van der Waals surface area contributed by atoms with Crippen LogP contribution < -0.4 is 16.4 Å². The van der Waals surface area contributed by atoms with E-state index in [2.05, 4.69) is 26.7 Å². The van der Waals surface area contributed by atoms with Gasteiger partial charge in [0.25, 0.3) is 5.91 Å². The molecule has 2 aromatic heterocycles. The van der Waals surface area contributed by atoms with Gasteiger partial charge >= 0.3 is 0 Å². The molecule has 0 fully saturated rings. The van der Waals surface area contributed by atoms with Crippen molar-refractivity contribution in [3.8, 4) is 17.2 Å². The van der Waals surface area contributed by atoms with Crippen molar-refractivity contribution in [3.05, 3.63) is 113 Å². The molecule has 0 aliphatic rings. The van der Waals surface area contributed by atoms with Gasteiger partial charge in [-0.3, -0.25) is 9.78 Å². The summed E-state index contributed by atoms with van der Waals surface area (Å²) in [4.78, 5) is 22.2. The van der Waals surface area contributed by atoms with Gasteiger partial charge in [0.1, 0.15) is 11.6 Å². The molecule has 0 bridgehead atoms.